The Morgan fingerprint density at radius 1 is 1.21 bits per heavy atom. The lowest BCUT2D eigenvalue weighted by molar-refractivity contribution is -0.120. The highest BCUT2D eigenvalue weighted by Gasteiger charge is 2.36. The summed E-state index contributed by atoms with van der Waals surface area (Å²) in [6, 6.07) is 10.7. The van der Waals surface area contributed by atoms with Gasteiger partial charge in [0.2, 0.25) is 15.9 Å². The predicted molar refractivity (Wildman–Crippen MR) is 127 cm³/mol. The first-order chi connectivity index (χ1) is 16.4. The van der Waals surface area contributed by atoms with Crippen LogP contribution in [0.3, 0.4) is 0 Å². The summed E-state index contributed by atoms with van der Waals surface area (Å²) in [7, 11) is -3.84. The average Bonchev–Trinajstić information content (AvgIpc) is 3.49. The second-order valence-corrected chi connectivity index (χ2v) is 9.81. The second kappa shape index (κ2) is 10.3. The fourth-order valence-corrected chi connectivity index (χ4v) is 5.60. The Bertz CT molecular complexity index is 1240. The van der Waals surface area contributed by atoms with Gasteiger partial charge in [0.15, 0.2) is 10.7 Å². The first kappa shape index (κ1) is 23.8. The number of carbonyl (C=O) groups is 1. The molecule has 9 nitrogen and oxygen atoms in total. The largest absolute Gasteiger partial charge is 0.494 e. The van der Waals surface area contributed by atoms with Crippen LogP contribution in [0.4, 0.5) is 5.69 Å². The number of carbonyl (C=O) groups excluding carboxylic acids is 1. The average molecular weight is 486 g/mol. The molecule has 2 aromatic heterocycles. The van der Waals surface area contributed by atoms with Crippen molar-refractivity contribution in [3.8, 4) is 5.75 Å². The number of piperidine rings is 1. The minimum absolute atomic E-state index is 0.0348. The van der Waals surface area contributed by atoms with Crippen LogP contribution in [0, 0.1) is 12.8 Å². The fourth-order valence-electron chi connectivity index (χ4n) is 3.88. The first-order valence-electron chi connectivity index (χ1n) is 11.1. The quantitative estimate of drug-likeness (QED) is 0.509. The summed E-state index contributed by atoms with van der Waals surface area (Å²) in [5, 5.41) is 6.75. The number of sulfonamides is 1. The molecule has 1 saturated heterocycles. The van der Waals surface area contributed by atoms with E-state index in [0.717, 1.165) is 5.75 Å². The molecule has 3 heterocycles. The first-order valence-corrected chi connectivity index (χ1v) is 12.5. The SMILES string of the molecule is CCOc1ccc(NC(=O)C2CCN(S(=O)(=O)c3c(C)noc3/C=C/c3ccco3)CC2)cc1. The lowest BCUT2D eigenvalue weighted by Gasteiger charge is -2.30. The maximum atomic E-state index is 13.4. The zero-order valence-corrected chi connectivity index (χ0v) is 19.9. The highest BCUT2D eigenvalue weighted by Crippen LogP contribution is 2.30. The number of hydrogen-bond acceptors (Lipinski definition) is 7. The Balaban J connectivity index is 1.40. The summed E-state index contributed by atoms with van der Waals surface area (Å²) in [6.45, 7) is 4.54. The van der Waals surface area contributed by atoms with Crippen LogP contribution in [0.25, 0.3) is 12.2 Å². The summed E-state index contributed by atoms with van der Waals surface area (Å²) in [4.78, 5) is 12.8. The van der Waals surface area contributed by atoms with Gasteiger partial charge < -0.3 is 19.0 Å². The Hall–Kier alpha value is -3.37. The molecule has 180 valence electrons. The number of hydrogen-bond donors (Lipinski definition) is 1. The molecule has 1 aliphatic rings. The van der Waals surface area contributed by atoms with E-state index >= 15 is 0 Å². The topological polar surface area (TPSA) is 115 Å². The third kappa shape index (κ3) is 5.23. The molecule has 3 aromatic rings. The van der Waals surface area contributed by atoms with E-state index in [1.54, 1.807) is 49.4 Å². The molecule has 10 heteroatoms. The molecule has 4 rings (SSSR count). The van der Waals surface area contributed by atoms with Crippen LogP contribution in [0.2, 0.25) is 0 Å². The lowest BCUT2D eigenvalue weighted by Crippen LogP contribution is -2.41. The van der Waals surface area contributed by atoms with E-state index in [-0.39, 0.29) is 41.3 Å². The maximum Gasteiger partial charge on any atom is 0.248 e. The van der Waals surface area contributed by atoms with Crippen LogP contribution in [0.5, 0.6) is 5.75 Å². The van der Waals surface area contributed by atoms with Gasteiger partial charge in [0.1, 0.15) is 17.2 Å². The summed E-state index contributed by atoms with van der Waals surface area (Å²) >= 11 is 0. The maximum absolute atomic E-state index is 13.4. The molecule has 1 aromatic carbocycles. The molecule has 1 aliphatic heterocycles. The number of aryl methyl sites for hydroxylation is 1. The molecule has 0 bridgehead atoms. The van der Waals surface area contributed by atoms with Gasteiger partial charge in [-0.2, -0.15) is 4.31 Å². The van der Waals surface area contributed by atoms with Crippen LogP contribution in [-0.2, 0) is 14.8 Å². The van der Waals surface area contributed by atoms with Gasteiger partial charge in [-0.1, -0.05) is 5.16 Å². The van der Waals surface area contributed by atoms with Crippen molar-refractivity contribution >= 4 is 33.8 Å². The van der Waals surface area contributed by atoms with Crippen molar-refractivity contribution in [2.75, 3.05) is 25.0 Å². The number of amides is 1. The Morgan fingerprint density at radius 3 is 2.59 bits per heavy atom. The fraction of sp³-hybridized carbons (Fsp3) is 0.333. The van der Waals surface area contributed by atoms with Crippen LogP contribution < -0.4 is 10.1 Å². The number of aromatic nitrogens is 1. The Labute approximate surface area is 198 Å². The van der Waals surface area contributed by atoms with Crippen LogP contribution in [0.1, 0.15) is 37.0 Å². The Kier molecular flexibility index (Phi) is 7.18. The lowest BCUT2D eigenvalue weighted by atomic mass is 9.97. The molecule has 0 spiro atoms. The zero-order valence-electron chi connectivity index (χ0n) is 19.1. The normalized spacial score (nSPS) is 15.6. The van der Waals surface area contributed by atoms with E-state index in [2.05, 4.69) is 10.5 Å². The molecule has 34 heavy (non-hydrogen) atoms. The molecular formula is C24H27N3O6S. The van der Waals surface area contributed by atoms with Gasteiger partial charge in [-0.3, -0.25) is 4.79 Å². The monoisotopic (exact) mass is 485 g/mol. The van der Waals surface area contributed by atoms with E-state index in [0.29, 0.717) is 30.9 Å². The van der Waals surface area contributed by atoms with E-state index in [4.69, 9.17) is 13.7 Å². The number of anilines is 1. The molecule has 0 unspecified atom stereocenters. The van der Waals surface area contributed by atoms with E-state index in [1.807, 2.05) is 6.92 Å². The molecular weight excluding hydrogens is 458 g/mol. The van der Waals surface area contributed by atoms with E-state index in [1.165, 1.54) is 16.6 Å². The number of nitrogens with one attached hydrogen (secondary N) is 1. The number of ether oxygens (including phenoxy) is 1. The Morgan fingerprint density at radius 2 is 1.94 bits per heavy atom. The van der Waals surface area contributed by atoms with E-state index < -0.39 is 10.0 Å². The van der Waals surface area contributed by atoms with Crippen molar-refractivity contribution in [2.45, 2.75) is 31.6 Å². The molecule has 1 N–H and O–H groups in total. The highest BCUT2D eigenvalue weighted by molar-refractivity contribution is 7.89. The van der Waals surface area contributed by atoms with Crippen molar-refractivity contribution < 1.29 is 26.9 Å². The minimum atomic E-state index is -3.84. The van der Waals surface area contributed by atoms with Gasteiger partial charge in [-0.15, -0.1) is 0 Å². The van der Waals surface area contributed by atoms with Crippen LogP contribution in [-0.4, -0.2) is 43.5 Å². The van der Waals surface area contributed by atoms with Gasteiger partial charge >= 0.3 is 0 Å². The number of rotatable bonds is 8. The molecule has 0 aliphatic carbocycles. The highest BCUT2D eigenvalue weighted by atomic mass is 32.2. The van der Waals surface area contributed by atoms with Crippen molar-refractivity contribution in [3.05, 3.63) is 59.9 Å². The number of benzene rings is 1. The van der Waals surface area contributed by atoms with E-state index in [9.17, 15) is 13.2 Å². The third-order valence-corrected chi connectivity index (χ3v) is 7.69. The van der Waals surface area contributed by atoms with Gasteiger partial charge in [-0.05, 0) is 75.2 Å². The van der Waals surface area contributed by atoms with Gasteiger partial charge in [-0.25, -0.2) is 8.42 Å². The summed E-state index contributed by atoms with van der Waals surface area (Å²) in [5.74, 6) is 1.05. The van der Waals surface area contributed by atoms with Gasteiger partial charge in [0.25, 0.3) is 0 Å². The summed E-state index contributed by atoms with van der Waals surface area (Å²) < 4.78 is 44.0. The smallest absolute Gasteiger partial charge is 0.248 e. The molecule has 0 atom stereocenters. The van der Waals surface area contributed by atoms with Crippen molar-refractivity contribution in [1.29, 1.82) is 0 Å². The molecule has 1 fully saturated rings. The predicted octanol–water partition coefficient (Wildman–Crippen LogP) is 4.18. The summed E-state index contributed by atoms with van der Waals surface area (Å²) in [6.07, 6.45) is 5.52. The molecule has 0 radical (unpaired) electrons. The van der Waals surface area contributed by atoms with Crippen molar-refractivity contribution in [3.63, 3.8) is 0 Å². The second-order valence-electron chi connectivity index (χ2n) is 7.94. The standard InChI is InChI=1S/C24H27N3O6S/c1-3-31-21-8-6-19(7-9-21)25-24(28)18-12-14-27(15-13-18)34(29,30)23-17(2)26-33-22(23)11-10-20-5-4-16-32-20/h4-11,16,18H,3,12-15H2,1-2H3,(H,25,28)/b11-10+. The third-order valence-electron chi connectivity index (χ3n) is 5.63. The van der Waals surface area contributed by atoms with Crippen LogP contribution in [0.15, 0.2) is 56.5 Å². The molecule has 1 amide bonds. The van der Waals surface area contributed by atoms with Gasteiger partial charge in [0, 0.05) is 24.7 Å². The summed E-state index contributed by atoms with van der Waals surface area (Å²) in [5.41, 5.74) is 0.964. The number of furan rings is 1. The molecule has 0 saturated carbocycles. The van der Waals surface area contributed by atoms with Crippen molar-refractivity contribution in [2.24, 2.45) is 5.92 Å². The van der Waals surface area contributed by atoms with Crippen LogP contribution >= 0.6 is 0 Å². The van der Waals surface area contributed by atoms with Crippen molar-refractivity contribution in [1.82, 2.24) is 9.46 Å². The minimum Gasteiger partial charge on any atom is -0.494 e. The zero-order chi connectivity index (χ0) is 24.1. The number of nitrogens with zero attached hydrogens (tertiary/aromatic N) is 2. The van der Waals surface area contributed by atoms with Gasteiger partial charge in [0.05, 0.1) is 12.9 Å².